The van der Waals surface area contributed by atoms with E-state index in [0.717, 1.165) is 22.8 Å². The highest BCUT2D eigenvalue weighted by Crippen LogP contribution is 2.25. The molecular weight excluding hydrogens is 330 g/mol. The minimum atomic E-state index is -1.33. The summed E-state index contributed by atoms with van der Waals surface area (Å²) in [6, 6.07) is 8.14. The third kappa shape index (κ3) is 4.03. The second-order valence-electron chi connectivity index (χ2n) is 7.11. The van der Waals surface area contributed by atoms with Crippen LogP contribution in [0.1, 0.15) is 18.4 Å². The summed E-state index contributed by atoms with van der Waals surface area (Å²) in [6.45, 7) is 2.68. The number of fused-ring (bicyclic) bond motifs is 1. The van der Waals surface area contributed by atoms with Crippen molar-refractivity contribution >= 4 is 16.7 Å². The number of carbonyl (C=O) groups excluding carboxylic acids is 1. The van der Waals surface area contributed by atoms with Gasteiger partial charge in [-0.1, -0.05) is 18.2 Å². The molecule has 1 aliphatic rings. The molecule has 1 saturated heterocycles. The molecule has 3 rings (SSSR count). The topological polar surface area (TPSA) is 65.9 Å². The molecular formula is C20H27N3O3. The Morgan fingerprint density at radius 3 is 3.04 bits per heavy atom. The number of hydrogen-bond donors (Lipinski definition) is 1. The minimum absolute atomic E-state index is 0.185. The minimum Gasteiger partial charge on any atom is -0.383 e. The molecule has 0 saturated carbocycles. The summed E-state index contributed by atoms with van der Waals surface area (Å²) in [5.74, 6) is -0.185. The number of aliphatic hydroxyl groups is 1. The highest BCUT2D eigenvalue weighted by atomic mass is 16.5. The van der Waals surface area contributed by atoms with Gasteiger partial charge in [0.25, 0.3) is 5.91 Å². The standard InChI is InChI=1S/C20H27N3O3/c1-22(14-17-6-3-5-16-13-21-9-7-18(16)17)15-20(25)8-4-10-23(19(20)24)11-12-26-2/h3,5-7,9,13,25H,4,8,10-12,14-15H2,1-2H3. The Kier molecular flexibility index (Phi) is 5.86. The number of carbonyl (C=O) groups is 1. The quantitative estimate of drug-likeness (QED) is 0.816. The summed E-state index contributed by atoms with van der Waals surface area (Å²) < 4.78 is 5.07. The van der Waals surface area contributed by atoms with Gasteiger partial charge in [-0.15, -0.1) is 0 Å². The number of amides is 1. The fraction of sp³-hybridized carbons (Fsp3) is 0.500. The predicted molar refractivity (Wildman–Crippen MR) is 101 cm³/mol. The van der Waals surface area contributed by atoms with Crippen molar-refractivity contribution in [2.24, 2.45) is 0 Å². The Labute approximate surface area is 154 Å². The fourth-order valence-electron chi connectivity index (χ4n) is 3.75. The first-order chi connectivity index (χ1) is 12.5. The van der Waals surface area contributed by atoms with Crippen LogP contribution in [0, 0.1) is 0 Å². The van der Waals surface area contributed by atoms with E-state index >= 15 is 0 Å². The van der Waals surface area contributed by atoms with Crippen LogP contribution in [0.4, 0.5) is 0 Å². The third-order valence-corrected chi connectivity index (χ3v) is 5.01. The van der Waals surface area contributed by atoms with Gasteiger partial charge < -0.3 is 14.7 Å². The first-order valence-corrected chi connectivity index (χ1v) is 9.04. The summed E-state index contributed by atoms with van der Waals surface area (Å²) in [5.41, 5.74) is -0.164. The van der Waals surface area contributed by atoms with Gasteiger partial charge in [-0.3, -0.25) is 14.7 Å². The van der Waals surface area contributed by atoms with Gasteiger partial charge in [-0.2, -0.15) is 0 Å². The van der Waals surface area contributed by atoms with E-state index in [1.165, 1.54) is 0 Å². The van der Waals surface area contributed by atoms with Gasteiger partial charge in [-0.25, -0.2) is 0 Å². The third-order valence-electron chi connectivity index (χ3n) is 5.01. The van der Waals surface area contributed by atoms with E-state index in [1.807, 2.05) is 36.3 Å². The number of hydrogen-bond acceptors (Lipinski definition) is 5. The zero-order valence-corrected chi connectivity index (χ0v) is 15.5. The molecule has 6 nitrogen and oxygen atoms in total. The molecule has 26 heavy (non-hydrogen) atoms. The van der Waals surface area contributed by atoms with Gasteiger partial charge in [0.05, 0.1) is 6.61 Å². The van der Waals surface area contributed by atoms with Gasteiger partial charge in [0, 0.05) is 51.1 Å². The Hall–Kier alpha value is -2.02. The van der Waals surface area contributed by atoms with Crippen molar-refractivity contribution in [3.8, 4) is 0 Å². The maximum Gasteiger partial charge on any atom is 0.255 e. The van der Waals surface area contributed by atoms with E-state index in [4.69, 9.17) is 4.74 Å². The number of ether oxygens (including phenoxy) is 1. The van der Waals surface area contributed by atoms with E-state index in [2.05, 4.69) is 11.1 Å². The van der Waals surface area contributed by atoms with Crippen LogP contribution in [0.15, 0.2) is 36.7 Å². The summed E-state index contributed by atoms with van der Waals surface area (Å²) in [4.78, 5) is 20.6. The van der Waals surface area contributed by atoms with Crippen LogP contribution in [0.3, 0.4) is 0 Å². The SMILES string of the molecule is COCCN1CCCC(O)(CN(C)Cc2cccc3cnccc23)C1=O. The Morgan fingerprint density at radius 1 is 1.38 bits per heavy atom. The van der Waals surface area contributed by atoms with E-state index in [1.54, 1.807) is 18.2 Å². The lowest BCUT2D eigenvalue weighted by atomic mass is 9.91. The smallest absolute Gasteiger partial charge is 0.255 e. The van der Waals surface area contributed by atoms with Crippen molar-refractivity contribution in [1.82, 2.24) is 14.8 Å². The summed E-state index contributed by atoms with van der Waals surface area (Å²) in [5, 5.41) is 13.2. The molecule has 6 heteroatoms. The zero-order valence-electron chi connectivity index (χ0n) is 15.5. The molecule has 1 unspecified atom stereocenters. The van der Waals surface area contributed by atoms with Gasteiger partial charge in [0.1, 0.15) is 0 Å². The molecule has 0 radical (unpaired) electrons. The van der Waals surface area contributed by atoms with Gasteiger partial charge >= 0.3 is 0 Å². The summed E-state index contributed by atoms with van der Waals surface area (Å²) >= 11 is 0. The van der Waals surface area contributed by atoms with Crippen molar-refractivity contribution in [2.45, 2.75) is 25.0 Å². The lowest BCUT2D eigenvalue weighted by molar-refractivity contribution is -0.159. The maximum atomic E-state index is 12.7. The highest BCUT2D eigenvalue weighted by molar-refractivity contribution is 5.86. The highest BCUT2D eigenvalue weighted by Gasteiger charge is 2.42. The molecule has 1 aromatic heterocycles. The number of pyridine rings is 1. The number of methoxy groups -OCH3 is 1. The molecule has 1 atom stereocenters. The van der Waals surface area contributed by atoms with Crippen LogP contribution in [-0.4, -0.2) is 71.8 Å². The van der Waals surface area contributed by atoms with Crippen LogP contribution in [0.25, 0.3) is 10.8 Å². The van der Waals surface area contributed by atoms with Crippen LogP contribution >= 0.6 is 0 Å². The Bertz CT molecular complexity index is 762. The van der Waals surface area contributed by atoms with E-state index in [0.29, 0.717) is 39.2 Å². The van der Waals surface area contributed by atoms with Crippen LogP contribution in [0.2, 0.25) is 0 Å². The number of likely N-dealkylation sites (tertiary alicyclic amines) is 1. The molecule has 140 valence electrons. The number of piperidine rings is 1. The molecule has 0 bridgehead atoms. The first kappa shape index (κ1) is 18.8. The Balaban J connectivity index is 1.70. The lowest BCUT2D eigenvalue weighted by Gasteiger charge is -2.40. The van der Waals surface area contributed by atoms with Crippen molar-refractivity contribution in [1.29, 1.82) is 0 Å². The lowest BCUT2D eigenvalue weighted by Crippen LogP contribution is -2.58. The number of benzene rings is 1. The molecule has 0 aliphatic carbocycles. The summed E-state index contributed by atoms with van der Waals surface area (Å²) in [7, 11) is 3.56. The van der Waals surface area contributed by atoms with E-state index in [-0.39, 0.29) is 5.91 Å². The molecule has 1 fully saturated rings. The first-order valence-electron chi connectivity index (χ1n) is 9.04. The van der Waals surface area contributed by atoms with Gasteiger partial charge in [0.15, 0.2) is 5.60 Å². The number of nitrogens with zero attached hydrogens (tertiary/aromatic N) is 3. The molecule has 1 amide bonds. The molecule has 1 aromatic carbocycles. The molecule has 1 N–H and O–H groups in total. The van der Waals surface area contributed by atoms with Crippen molar-refractivity contribution in [3.63, 3.8) is 0 Å². The van der Waals surface area contributed by atoms with Crippen molar-refractivity contribution < 1.29 is 14.6 Å². The Morgan fingerprint density at radius 2 is 2.23 bits per heavy atom. The van der Waals surface area contributed by atoms with Crippen molar-refractivity contribution in [3.05, 3.63) is 42.2 Å². The average molecular weight is 357 g/mol. The number of likely N-dealkylation sites (N-methyl/N-ethyl adjacent to an activating group) is 1. The molecule has 1 aliphatic heterocycles. The largest absolute Gasteiger partial charge is 0.383 e. The van der Waals surface area contributed by atoms with Crippen LogP contribution in [0.5, 0.6) is 0 Å². The molecule has 2 aromatic rings. The zero-order chi connectivity index (χ0) is 18.6. The second-order valence-corrected chi connectivity index (χ2v) is 7.11. The second kappa shape index (κ2) is 8.12. The fourth-order valence-corrected chi connectivity index (χ4v) is 3.75. The predicted octanol–water partition coefficient (Wildman–Crippen LogP) is 1.67. The number of rotatable bonds is 7. The number of aromatic nitrogens is 1. The molecule has 2 heterocycles. The van der Waals surface area contributed by atoms with Gasteiger partial charge in [0.2, 0.25) is 0 Å². The van der Waals surface area contributed by atoms with Crippen LogP contribution < -0.4 is 0 Å². The normalized spacial score (nSPS) is 20.9. The average Bonchev–Trinajstić information content (AvgIpc) is 2.63. The van der Waals surface area contributed by atoms with Crippen molar-refractivity contribution in [2.75, 3.05) is 40.4 Å². The maximum absolute atomic E-state index is 12.7. The monoisotopic (exact) mass is 357 g/mol. The van der Waals surface area contributed by atoms with E-state index in [9.17, 15) is 9.90 Å². The summed E-state index contributed by atoms with van der Waals surface area (Å²) in [6.07, 6.45) is 4.95. The van der Waals surface area contributed by atoms with E-state index < -0.39 is 5.60 Å². The van der Waals surface area contributed by atoms with Crippen LogP contribution in [-0.2, 0) is 16.1 Å². The van der Waals surface area contributed by atoms with Gasteiger partial charge in [-0.05, 0) is 36.9 Å². The molecule has 0 spiro atoms.